The summed E-state index contributed by atoms with van der Waals surface area (Å²) < 4.78 is 17.8. The molecule has 0 saturated heterocycles. The molecule has 3 rings (SSSR count). The van der Waals surface area contributed by atoms with Crippen molar-refractivity contribution < 1.29 is 28.6 Å². The van der Waals surface area contributed by atoms with Crippen LogP contribution in [0.1, 0.15) is 69.3 Å². The fourth-order valence-corrected chi connectivity index (χ4v) is 5.15. The lowest BCUT2D eigenvalue weighted by Crippen LogP contribution is -2.41. The van der Waals surface area contributed by atoms with Crippen LogP contribution in [0.15, 0.2) is 24.3 Å². The van der Waals surface area contributed by atoms with E-state index in [1.165, 1.54) is 26.4 Å². The van der Waals surface area contributed by atoms with Crippen LogP contribution < -0.4 is 20.1 Å². The molecule has 10 nitrogen and oxygen atoms in total. The smallest absolute Gasteiger partial charge is 0.325 e. The maximum atomic E-state index is 13.5. The molecular weight excluding hydrogens is 500 g/mol. The zero-order chi connectivity index (χ0) is 28.4. The quantitative estimate of drug-likeness (QED) is 0.368. The first-order valence-electron chi connectivity index (χ1n) is 13.7. The number of nitrogens with zero attached hydrogens (tertiary/aromatic N) is 2. The van der Waals surface area contributed by atoms with Gasteiger partial charge in [-0.1, -0.05) is 39.2 Å². The molecule has 0 aliphatic heterocycles. The van der Waals surface area contributed by atoms with Crippen molar-refractivity contribution in [1.29, 1.82) is 0 Å². The molecule has 0 spiro atoms. The highest BCUT2D eigenvalue weighted by molar-refractivity contribution is 5.94. The van der Waals surface area contributed by atoms with Gasteiger partial charge >= 0.3 is 5.97 Å². The number of ether oxygens (including phenoxy) is 3. The molecule has 0 bridgehead atoms. The minimum Gasteiger partial charge on any atom is -0.496 e. The van der Waals surface area contributed by atoms with Crippen molar-refractivity contribution in [3.8, 4) is 22.8 Å². The summed E-state index contributed by atoms with van der Waals surface area (Å²) in [5, 5.41) is 10.3. The van der Waals surface area contributed by atoms with Gasteiger partial charge in [0.25, 0.3) is 5.91 Å². The standard InChI is InChI=1S/C29H42N4O6/c1-19(2)14-21(15-26(34)30-17-27(35)39-5)31-29(36)22-16-23(28-24(37-3)12-9-13-25(28)38-4)33(32-22)18-20-10-7-6-8-11-20/h9,12-13,16,19-21H,6-8,10-11,14-15,17-18H2,1-5H3,(H,30,34)(H,31,36)/t21-/m0/s1. The highest BCUT2D eigenvalue weighted by Gasteiger charge is 2.26. The van der Waals surface area contributed by atoms with Crippen molar-refractivity contribution in [2.75, 3.05) is 27.9 Å². The normalized spacial score (nSPS) is 14.5. The predicted octanol–water partition coefficient (Wildman–Crippen LogP) is 3.97. The zero-order valence-corrected chi connectivity index (χ0v) is 23.7. The first kappa shape index (κ1) is 30.0. The van der Waals surface area contributed by atoms with Crippen molar-refractivity contribution in [3.63, 3.8) is 0 Å². The fraction of sp³-hybridized carbons (Fsp3) is 0.586. The van der Waals surface area contributed by atoms with Crippen LogP contribution in [0.4, 0.5) is 0 Å². The Bertz CT molecular complexity index is 1100. The number of carbonyl (C=O) groups is 3. The molecule has 214 valence electrons. The molecule has 39 heavy (non-hydrogen) atoms. The molecule has 0 radical (unpaired) electrons. The second kappa shape index (κ2) is 14.6. The summed E-state index contributed by atoms with van der Waals surface area (Å²) >= 11 is 0. The van der Waals surface area contributed by atoms with Crippen LogP contribution in [-0.2, 0) is 20.9 Å². The van der Waals surface area contributed by atoms with Crippen LogP contribution >= 0.6 is 0 Å². The van der Waals surface area contributed by atoms with Crippen LogP contribution in [0.25, 0.3) is 11.3 Å². The lowest BCUT2D eigenvalue weighted by molar-refractivity contribution is -0.141. The lowest BCUT2D eigenvalue weighted by Gasteiger charge is -2.23. The largest absolute Gasteiger partial charge is 0.496 e. The minimum absolute atomic E-state index is 0.0386. The molecule has 2 amide bonds. The molecule has 2 N–H and O–H groups in total. The van der Waals surface area contributed by atoms with E-state index in [1.807, 2.05) is 36.7 Å². The molecule has 1 fully saturated rings. The van der Waals surface area contributed by atoms with Gasteiger partial charge in [0.05, 0.1) is 32.6 Å². The molecule has 1 aromatic heterocycles. The maximum absolute atomic E-state index is 13.5. The average Bonchev–Trinajstić information content (AvgIpc) is 3.34. The Morgan fingerprint density at radius 2 is 1.72 bits per heavy atom. The Hall–Kier alpha value is -3.56. The van der Waals surface area contributed by atoms with Gasteiger partial charge in [-0.15, -0.1) is 0 Å². The third-order valence-corrected chi connectivity index (χ3v) is 7.03. The number of hydrogen-bond acceptors (Lipinski definition) is 7. The van der Waals surface area contributed by atoms with E-state index in [1.54, 1.807) is 20.3 Å². The molecule has 1 aromatic carbocycles. The molecular formula is C29H42N4O6. The first-order chi connectivity index (χ1) is 18.7. The Labute approximate surface area is 230 Å². The van der Waals surface area contributed by atoms with E-state index in [4.69, 9.17) is 14.6 Å². The predicted molar refractivity (Wildman–Crippen MR) is 148 cm³/mol. The van der Waals surface area contributed by atoms with Crippen LogP contribution in [0.2, 0.25) is 0 Å². The third-order valence-electron chi connectivity index (χ3n) is 7.03. The number of rotatable bonds is 13. The summed E-state index contributed by atoms with van der Waals surface area (Å²) in [5.41, 5.74) is 1.75. The second-order valence-corrected chi connectivity index (χ2v) is 10.5. The van der Waals surface area contributed by atoms with Gasteiger partial charge in [0.15, 0.2) is 5.69 Å². The highest BCUT2D eigenvalue weighted by Crippen LogP contribution is 2.39. The number of nitrogens with one attached hydrogen (secondary N) is 2. The summed E-state index contributed by atoms with van der Waals surface area (Å²) in [7, 11) is 4.48. The summed E-state index contributed by atoms with van der Waals surface area (Å²) in [6, 6.07) is 6.92. The van der Waals surface area contributed by atoms with Crippen molar-refractivity contribution in [2.24, 2.45) is 11.8 Å². The number of amides is 2. The average molecular weight is 543 g/mol. The van der Waals surface area contributed by atoms with Gasteiger partial charge in [-0.2, -0.15) is 5.10 Å². The SMILES string of the molecule is COC(=O)CNC(=O)C[C@H](CC(C)C)NC(=O)c1cc(-c2c(OC)cccc2OC)n(CC2CCCCC2)n1. The lowest BCUT2D eigenvalue weighted by atomic mass is 9.89. The van der Waals surface area contributed by atoms with Crippen molar-refractivity contribution in [3.05, 3.63) is 30.0 Å². The molecule has 1 aliphatic rings. The first-order valence-corrected chi connectivity index (χ1v) is 13.7. The van der Waals surface area contributed by atoms with E-state index in [9.17, 15) is 14.4 Å². The summed E-state index contributed by atoms with van der Waals surface area (Å²) in [6.07, 6.45) is 6.52. The molecule has 0 unspecified atom stereocenters. The van der Waals surface area contributed by atoms with Crippen LogP contribution in [0.3, 0.4) is 0 Å². The van der Waals surface area contributed by atoms with Crippen molar-refractivity contribution in [2.45, 2.75) is 71.4 Å². The molecule has 1 heterocycles. The summed E-state index contributed by atoms with van der Waals surface area (Å²) in [4.78, 5) is 37.3. The van der Waals surface area contributed by atoms with E-state index < -0.39 is 12.0 Å². The van der Waals surface area contributed by atoms with Gasteiger partial charge in [-0.3, -0.25) is 19.1 Å². The molecule has 10 heteroatoms. The maximum Gasteiger partial charge on any atom is 0.325 e. The van der Waals surface area contributed by atoms with Gasteiger partial charge < -0.3 is 24.8 Å². The van der Waals surface area contributed by atoms with E-state index in [2.05, 4.69) is 15.4 Å². The zero-order valence-electron chi connectivity index (χ0n) is 23.7. The van der Waals surface area contributed by atoms with Gasteiger partial charge in [-0.25, -0.2) is 0 Å². The topological polar surface area (TPSA) is 121 Å². The number of esters is 1. The summed E-state index contributed by atoms with van der Waals surface area (Å²) in [5.74, 6) is 0.738. The Kier molecular flexibility index (Phi) is 11.2. The number of benzene rings is 1. The van der Waals surface area contributed by atoms with E-state index >= 15 is 0 Å². The number of carbonyl (C=O) groups excluding carboxylic acids is 3. The van der Waals surface area contributed by atoms with Gasteiger partial charge in [0, 0.05) is 19.0 Å². The van der Waals surface area contributed by atoms with Crippen molar-refractivity contribution in [1.82, 2.24) is 20.4 Å². The van der Waals surface area contributed by atoms with E-state index in [0.717, 1.165) is 24.1 Å². The van der Waals surface area contributed by atoms with Crippen molar-refractivity contribution >= 4 is 17.8 Å². The van der Waals surface area contributed by atoms with Crippen LogP contribution in [-0.4, -0.2) is 61.5 Å². The Morgan fingerprint density at radius 1 is 1.05 bits per heavy atom. The highest BCUT2D eigenvalue weighted by atomic mass is 16.5. The summed E-state index contributed by atoms with van der Waals surface area (Å²) in [6.45, 7) is 4.52. The van der Waals surface area contributed by atoms with Gasteiger partial charge in [0.2, 0.25) is 5.91 Å². The second-order valence-electron chi connectivity index (χ2n) is 10.5. The molecule has 2 aromatic rings. The number of hydrogen-bond donors (Lipinski definition) is 2. The Balaban J connectivity index is 1.89. The minimum atomic E-state index is -0.532. The van der Waals surface area contributed by atoms with E-state index in [0.29, 0.717) is 30.4 Å². The van der Waals surface area contributed by atoms with Gasteiger partial charge in [0.1, 0.15) is 18.0 Å². The molecule has 1 saturated carbocycles. The Morgan fingerprint density at radius 3 is 2.31 bits per heavy atom. The monoisotopic (exact) mass is 542 g/mol. The number of aromatic nitrogens is 2. The van der Waals surface area contributed by atoms with E-state index in [-0.39, 0.29) is 36.4 Å². The van der Waals surface area contributed by atoms with Crippen LogP contribution in [0, 0.1) is 11.8 Å². The van der Waals surface area contributed by atoms with Gasteiger partial charge in [-0.05, 0) is 49.3 Å². The molecule has 1 atom stereocenters. The molecule has 1 aliphatic carbocycles. The third kappa shape index (κ3) is 8.46. The van der Waals surface area contributed by atoms with Crippen LogP contribution in [0.5, 0.6) is 11.5 Å². The number of methoxy groups -OCH3 is 3. The fourth-order valence-electron chi connectivity index (χ4n) is 5.15.